The Hall–Kier alpha value is -1.32. The van der Waals surface area contributed by atoms with E-state index >= 15 is 0 Å². The van der Waals surface area contributed by atoms with Crippen molar-refractivity contribution < 1.29 is 5.11 Å². The molecule has 1 atom stereocenters. The molecule has 0 aliphatic carbocycles. The standard InChI is InChI=1S/C14H15NOS/c1-10-8-13(17-2)15-9-12(10)14(16)11-6-4-3-5-7-11/h3-9,14,16H,1-2H3. The zero-order chi connectivity index (χ0) is 12.3. The van der Waals surface area contributed by atoms with E-state index in [0.717, 1.165) is 21.7 Å². The smallest absolute Gasteiger partial charge is 0.106 e. The molecule has 0 spiro atoms. The molecule has 1 aromatic carbocycles. The van der Waals surface area contributed by atoms with Crippen LogP contribution in [-0.2, 0) is 0 Å². The molecule has 0 fully saturated rings. The van der Waals surface area contributed by atoms with E-state index in [9.17, 15) is 5.11 Å². The number of aryl methyl sites for hydroxylation is 1. The first-order chi connectivity index (χ1) is 8.22. The van der Waals surface area contributed by atoms with Crippen LogP contribution in [-0.4, -0.2) is 16.3 Å². The molecule has 1 aromatic heterocycles. The summed E-state index contributed by atoms with van der Waals surface area (Å²) in [6.07, 6.45) is 3.16. The molecule has 0 bridgehead atoms. The van der Waals surface area contributed by atoms with Gasteiger partial charge < -0.3 is 5.11 Å². The lowest BCUT2D eigenvalue weighted by atomic mass is 10.00. The molecule has 2 nitrogen and oxygen atoms in total. The van der Waals surface area contributed by atoms with Crippen molar-refractivity contribution in [3.05, 3.63) is 59.3 Å². The molecule has 1 unspecified atom stereocenters. The van der Waals surface area contributed by atoms with Gasteiger partial charge in [0.1, 0.15) is 6.10 Å². The number of aliphatic hydroxyl groups excluding tert-OH is 1. The van der Waals surface area contributed by atoms with Crippen molar-refractivity contribution >= 4 is 11.8 Å². The van der Waals surface area contributed by atoms with Gasteiger partial charge in [-0.1, -0.05) is 30.3 Å². The minimum atomic E-state index is -0.598. The van der Waals surface area contributed by atoms with E-state index in [-0.39, 0.29) is 0 Å². The van der Waals surface area contributed by atoms with Crippen molar-refractivity contribution in [1.82, 2.24) is 4.98 Å². The molecular formula is C14H15NOS. The molecule has 0 aliphatic heterocycles. The molecule has 3 heteroatoms. The topological polar surface area (TPSA) is 33.1 Å². The predicted molar refractivity (Wildman–Crippen MR) is 71.3 cm³/mol. The summed E-state index contributed by atoms with van der Waals surface area (Å²) in [5.74, 6) is 0. The molecule has 1 N–H and O–H groups in total. The molecule has 0 radical (unpaired) electrons. The second-order valence-corrected chi connectivity index (χ2v) is 4.72. The van der Waals surface area contributed by atoms with Crippen LogP contribution < -0.4 is 0 Å². The zero-order valence-corrected chi connectivity index (χ0v) is 10.7. The van der Waals surface area contributed by atoms with Crippen LogP contribution >= 0.6 is 11.8 Å². The molecule has 0 amide bonds. The van der Waals surface area contributed by atoms with Gasteiger partial charge in [-0.2, -0.15) is 0 Å². The SMILES string of the molecule is CSc1cc(C)c(C(O)c2ccccc2)cn1. The van der Waals surface area contributed by atoms with Crippen LogP contribution in [0.5, 0.6) is 0 Å². The molecular weight excluding hydrogens is 230 g/mol. The van der Waals surface area contributed by atoms with Gasteiger partial charge >= 0.3 is 0 Å². The fraction of sp³-hybridized carbons (Fsp3) is 0.214. The summed E-state index contributed by atoms with van der Waals surface area (Å²) in [4.78, 5) is 4.31. The number of hydrogen-bond acceptors (Lipinski definition) is 3. The van der Waals surface area contributed by atoms with Gasteiger partial charge in [-0.3, -0.25) is 0 Å². The van der Waals surface area contributed by atoms with E-state index in [1.54, 1.807) is 18.0 Å². The van der Waals surface area contributed by atoms with Gasteiger partial charge in [0.2, 0.25) is 0 Å². The Labute approximate surface area is 106 Å². The summed E-state index contributed by atoms with van der Waals surface area (Å²) in [6, 6.07) is 11.7. The Morgan fingerprint density at radius 3 is 2.53 bits per heavy atom. The number of rotatable bonds is 3. The Kier molecular flexibility index (Phi) is 3.82. The lowest BCUT2D eigenvalue weighted by molar-refractivity contribution is 0.219. The van der Waals surface area contributed by atoms with Gasteiger partial charge in [0, 0.05) is 11.8 Å². The van der Waals surface area contributed by atoms with Crippen LogP contribution in [0.25, 0.3) is 0 Å². The molecule has 17 heavy (non-hydrogen) atoms. The fourth-order valence-corrected chi connectivity index (χ4v) is 2.21. The van der Waals surface area contributed by atoms with E-state index in [1.165, 1.54) is 0 Å². The minimum absolute atomic E-state index is 0.598. The summed E-state index contributed by atoms with van der Waals surface area (Å²) < 4.78 is 0. The van der Waals surface area contributed by atoms with Crippen LogP contribution in [0.2, 0.25) is 0 Å². The van der Waals surface area contributed by atoms with Gasteiger partial charge in [-0.15, -0.1) is 11.8 Å². The quantitative estimate of drug-likeness (QED) is 0.843. The molecule has 0 aliphatic rings. The van der Waals surface area contributed by atoms with Crippen molar-refractivity contribution in [3.8, 4) is 0 Å². The van der Waals surface area contributed by atoms with Gasteiger partial charge in [0.25, 0.3) is 0 Å². The highest BCUT2D eigenvalue weighted by atomic mass is 32.2. The van der Waals surface area contributed by atoms with Crippen LogP contribution in [0.1, 0.15) is 22.8 Å². The zero-order valence-electron chi connectivity index (χ0n) is 9.92. The number of aliphatic hydroxyl groups is 1. The third kappa shape index (κ3) is 2.68. The second kappa shape index (κ2) is 5.34. The first kappa shape index (κ1) is 12.1. The normalized spacial score (nSPS) is 12.4. The van der Waals surface area contributed by atoms with E-state index < -0.39 is 6.10 Å². The number of aromatic nitrogens is 1. The van der Waals surface area contributed by atoms with Crippen LogP contribution in [0.3, 0.4) is 0 Å². The number of thioether (sulfide) groups is 1. The maximum Gasteiger partial charge on any atom is 0.106 e. The summed E-state index contributed by atoms with van der Waals surface area (Å²) >= 11 is 1.61. The monoisotopic (exact) mass is 245 g/mol. The minimum Gasteiger partial charge on any atom is -0.384 e. The number of pyridine rings is 1. The first-order valence-corrected chi connectivity index (χ1v) is 6.68. The van der Waals surface area contributed by atoms with Gasteiger partial charge in [-0.25, -0.2) is 4.98 Å². The number of nitrogens with zero attached hydrogens (tertiary/aromatic N) is 1. The third-order valence-corrected chi connectivity index (χ3v) is 3.39. The van der Waals surface area contributed by atoms with Crippen LogP contribution in [0.15, 0.2) is 47.6 Å². The van der Waals surface area contributed by atoms with Crippen molar-refractivity contribution in [2.45, 2.75) is 18.1 Å². The number of hydrogen-bond donors (Lipinski definition) is 1. The Bertz CT molecular complexity index is 499. The Balaban J connectivity index is 2.34. The van der Waals surface area contributed by atoms with E-state index in [0.29, 0.717) is 0 Å². The molecule has 2 rings (SSSR count). The van der Waals surface area contributed by atoms with Crippen molar-refractivity contribution in [2.24, 2.45) is 0 Å². The molecule has 88 valence electrons. The lowest BCUT2D eigenvalue weighted by Gasteiger charge is -2.14. The summed E-state index contributed by atoms with van der Waals surface area (Å²) in [7, 11) is 0. The highest BCUT2D eigenvalue weighted by molar-refractivity contribution is 7.98. The first-order valence-electron chi connectivity index (χ1n) is 5.46. The van der Waals surface area contributed by atoms with Crippen LogP contribution in [0, 0.1) is 6.92 Å². The Morgan fingerprint density at radius 2 is 1.94 bits per heavy atom. The summed E-state index contributed by atoms with van der Waals surface area (Å²) in [5, 5.41) is 11.3. The predicted octanol–water partition coefficient (Wildman–Crippen LogP) is 3.19. The highest BCUT2D eigenvalue weighted by Crippen LogP contribution is 2.25. The summed E-state index contributed by atoms with van der Waals surface area (Å²) in [6.45, 7) is 2.00. The lowest BCUT2D eigenvalue weighted by Crippen LogP contribution is -2.02. The average Bonchev–Trinajstić information content (AvgIpc) is 2.39. The van der Waals surface area contributed by atoms with Gasteiger partial charge in [0.15, 0.2) is 0 Å². The Morgan fingerprint density at radius 1 is 1.24 bits per heavy atom. The summed E-state index contributed by atoms with van der Waals surface area (Å²) in [5.41, 5.74) is 2.84. The van der Waals surface area contributed by atoms with Crippen molar-refractivity contribution in [3.63, 3.8) is 0 Å². The van der Waals surface area contributed by atoms with Crippen molar-refractivity contribution in [1.29, 1.82) is 0 Å². The third-order valence-electron chi connectivity index (χ3n) is 2.75. The largest absolute Gasteiger partial charge is 0.384 e. The number of benzene rings is 1. The van der Waals surface area contributed by atoms with Crippen molar-refractivity contribution in [2.75, 3.05) is 6.26 Å². The second-order valence-electron chi connectivity index (χ2n) is 3.90. The maximum absolute atomic E-state index is 10.3. The average molecular weight is 245 g/mol. The van der Waals surface area contributed by atoms with Gasteiger partial charge in [0.05, 0.1) is 5.03 Å². The molecule has 1 heterocycles. The molecule has 0 saturated carbocycles. The fourth-order valence-electron chi connectivity index (χ4n) is 1.75. The molecule has 2 aromatic rings. The van der Waals surface area contributed by atoms with E-state index in [4.69, 9.17) is 0 Å². The maximum atomic E-state index is 10.3. The molecule has 0 saturated heterocycles. The van der Waals surface area contributed by atoms with E-state index in [1.807, 2.05) is 49.6 Å². The highest BCUT2D eigenvalue weighted by Gasteiger charge is 2.13. The van der Waals surface area contributed by atoms with E-state index in [2.05, 4.69) is 4.98 Å². The van der Waals surface area contributed by atoms with Gasteiger partial charge in [-0.05, 0) is 30.4 Å². The van der Waals surface area contributed by atoms with Crippen LogP contribution in [0.4, 0.5) is 0 Å².